The molecule has 1 aliphatic rings. The van der Waals surface area contributed by atoms with Gasteiger partial charge in [0, 0.05) is 0 Å². The Labute approximate surface area is 81.9 Å². The Kier molecular flexibility index (Phi) is 3.55. The van der Waals surface area contributed by atoms with Crippen molar-refractivity contribution < 1.29 is 5.11 Å². The zero-order valence-electron chi connectivity index (χ0n) is 9.14. The number of hydrogen-bond donors (Lipinski definition) is 1. The van der Waals surface area contributed by atoms with Gasteiger partial charge in [-0.25, -0.2) is 0 Å². The Bertz CT molecular complexity index is 187. The van der Waals surface area contributed by atoms with E-state index in [1.165, 1.54) is 31.3 Å². The zero-order valence-corrected chi connectivity index (χ0v) is 9.14. The molecule has 0 spiro atoms. The number of rotatable bonds is 5. The highest BCUT2D eigenvalue weighted by molar-refractivity contribution is 5.20. The summed E-state index contributed by atoms with van der Waals surface area (Å²) in [6.07, 6.45) is 7.08. The van der Waals surface area contributed by atoms with Gasteiger partial charge in [-0.15, -0.1) is 0 Å². The molecule has 13 heavy (non-hydrogen) atoms. The summed E-state index contributed by atoms with van der Waals surface area (Å²) in [5, 5.41) is 8.92. The fraction of sp³-hybridized carbons (Fsp3) is 0.833. The molecule has 0 amide bonds. The van der Waals surface area contributed by atoms with Crippen LogP contribution in [0.25, 0.3) is 0 Å². The highest BCUT2D eigenvalue weighted by Crippen LogP contribution is 2.52. The summed E-state index contributed by atoms with van der Waals surface area (Å²) in [6, 6.07) is 0. The summed E-state index contributed by atoms with van der Waals surface area (Å²) in [4.78, 5) is 0. The van der Waals surface area contributed by atoms with Crippen LogP contribution in [0.3, 0.4) is 0 Å². The second-order valence-corrected chi connectivity index (χ2v) is 4.91. The molecule has 1 heteroatoms. The van der Waals surface area contributed by atoms with Crippen LogP contribution >= 0.6 is 0 Å². The lowest BCUT2D eigenvalue weighted by Gasteiger charge is -2.15. The van der Waals surface area contributed by atoms with Gasteiger partial charge in [-0.1, -0.05) is 32.4 Å². The molecule has 1 saturated carbocycles. The fourth-order valence-electron chi connectivity index (χ4n) is 1.71. The van der Waals surface area contributed by atoms with Gasteiger partial charge in [-0.2, -0.15) is 0 Å². The zero-order chi connectivity index (χ0) is 9.90. The summed E-state index contributed by atoms with van der Waals surface area (Å²) in [5.74, 6) is 0.768. The van der Waals surface area contributed by atoms with E-state index >= 15 is 0 Å². The summed E-state index contributed by atoms with van der Waals surface area (Å²) in [5.41, 5.74) is 1.95. The van der Waals surface area contributed by atoms with Crippen LogP contribution < -0.4 is 0 Å². The van der Waals surface area contributed by atoms with Crippen molar-refractivity contribution in [2.45, 2.75) is 46.5 Å². The van der Waals surface area contributed by atoms with E-state index in [1.807, 2.05) is 6.08 Å². The number of allylic oxidation sites excluding steroid dienone is 1. The predicted molar refractivity (Wildman–Crippen MR) is 56.6 cm³/mol. The van der Waals surface area contributed by atoms with E-state index in [1.54, 1.807) is 0 Å². The number of aliphatic hydroxyl groups is 1. The van der Waals surface area contributed by atoms with Crippen LogP contribution in [-0.4, -0.2) is 11.7 Å². The van der Waals surface area contributed by atoms with Crippen LogP contribution in [0.1, 0.15) is 46.5 Å². The predicted octanol–water partition coefficient (Wildman–Crippen LogP) is 3.14. The van der Waals surface area contributed by atoms with Gasteiger partial charge in [-0.05, 0) is 37.0 Å². The van der Waals surface area contributed by atoms with E-state index in [4.69, 9.17) is 5.11 Å². The number of hydrogen-bond acceptors (Lipinski definition) is 1. The smallest absolute Gasteiger partial charge is 0.0615 e. The van der Waals surface area contributed by atoms with Crippen LogP contribution in [0.5, 0.6) is 0 Å². The average Bonchev–Trinajstić information content (AvgIpc) is 2.78. The maximum atomic E-state index is 8.92. The average molecular weight is 182 g/mol. The third kappa shape index (κ3) is 3.15. The SMILES string of the molecule is CC(C)CCC(=CCO)C1(C)CC1. The third-order valence-electron chi connectivity index (χ3n) is 3.10. The van der Waals surface area contributed by atoms with Crippen molar-refractivity contribution in [3.05, 3.63) is 11.6 Å². The van der Waals surface area contributed by atoms with Crippen LogP contribution in [0.4, 0.5) is 0 Å². The lowest BCUT2D eigenvalue weighted by Crippen LogP contribution is -2.02. The van der Waals surface area contributed by atoms with Crippen molar-refractivity contribution in [3.63, 3.8) is 0 Å². The van der Waals surface area contributed by atoms with Crippen LogP contribution in [0.2, 0.25) is 0 Å². The van der Waals surface area contributed by atoms with Crippen LogP contribution in [-0.2, 0) is 0 Å². The maximum Gasteiger partial charge on any atom is 0.0615 e. The number of aliphatic hydroxyl groups excluding tert-OH is 1. The minimum Gasteiger partial charge on any atom is -0.392 e. The quantitative estimate of drug-likeness (QED) is 0.648. The molecular formula is C12H22O. The van der Waals surface area contributed by atoms with E-state index in [-0.39, 0.29) is 6.61 Å². The van der Waals surface area contributed by atoms with Gasteiger partial charge in [0.2, 0.25) is 0 Å². The molecule has 1 fully saturated rings. The molecule has 0 aromatic carbocycles. The van der Waals surface area contributed by atoms with Crippen molar-refractivity contribution in [3.8, 4) is 0 Å². The Morgan fingerprint density at radius 3 is 2.46 bits per heavy atom. The summed E-state index contributed by atoms with van der Waals surface area (Å²) >= 11 is 0. The van der Waals surface area contributed by atoms with Crippen molar-refractivity contribution in [1.29, 1.82) is 0 Å². The van der Waals surface area contributed by atoms with Gasteiger partial charge in [0.25, 0.3) is 0 Å². The minimum absolute atomic E-state index is 0.211. The molecule has 0 aliphatic heterocycles. The minimum atomic E-state index is 0.211. The molecule has 0 unspecified atom stereocenters. The maximum absolute atomic E-state index is 8.92. The summed E-state index contributed by atoms with van der Waals surface area (Å²) in [7, 11) is 0. The van der Waals surface area contributed by atoms with E-state index in [9.17, 15) is 0 Å². The molecule has 0 bridgehead atoms. The van der Waals surface area contributed by atoms with Gasteiger partial charge in [0.1, 0.15) is 0 Å². The monoisotopic (exact) mass is 182 g/mol. The highest BCUT2D eigenvalue weighted by atomic mass is 16.2. The Balaban J connectivity index is 2.44. The Morgan fingerprint density at radius 1 is 1.46 bits per heavy atom. The highest BCUT2D eigenvalue weighted by Gasteiger charge is 2.40. The molecule has 76 valence electrons. The first-order valence-electron chi connectivity index (χ1n) is 5.39. The van der Waals surface area contributed by atoms with Crippen LogP contribution in [0.15, 0.2) is 11.6 Å². The fourth-order valence-corrected chi connectivity index (χ4v) is 1.71. The molecule has 0 saturated heterocycles. The summed E-state index contributed by atoms with van der Waals surface area (Å²) < 4.78 is 0. The molecule has 0 radical (unpaired) electrons. The van der Waals surface area contributed by atoms with Gasteiger partial charge >= 0.3 is 0 Å². The molecule has 1 aliphatic carbocycles. The Hall–Kier alpha value is -0.300. The van der Waals surface area contributed by atoms with Crippen molar-refractivity contribution in [1.82, 2.24) is 0 Å². The lowest BCUT2D eigenvalue weighted by molar-refractivity contribution is 0.339. The third-order valence-corrected chi connectivity index (χ3v) is 3.10. The summed E-state index contributed by atoms with van der Waals surface area (Å²) in [6.45, 7) is 7.04. The molecule has 0 heterocycles. The van der Waals surface area contributed by atoms with Gasteiger partial charge in [0.15, 0.2) is 0 Å². The molecule has 0 aromatic rings. The normalized spacial score (nSPS) is 20.8. The van der Waals surface area contributed by atoms with Crippen LogP contribution in [0, 0.1) is 11.3 Å². The van der Waals surface area contributed by atoms with Crippen molar-refractivity contribution in [2.75, 3.05) is 6.61 Å². The van der Waals surface area contributed by atoms with E-state index in [2.05, 4.69) is 20.8 Å². The first-order valence-corrected chi connectivity index (χ1v) is 5.39. The molecule has 0 aromatic heterocycles. The Morgan fingerprint density at radius 2 is 2.08 bits per heavy atom. The van der Waals surface area contributed by atoms with Crippen molar-refractivity contribution >= 4 is 0 Å². The van der Waals surface area contributed by atoms with E-state index in [0.29, 0.717) is 5.41 Å². The molecule has 1 rings (SSSR count). The topological polar surface area (TPSA) is 20.2 Å². The molecule has 1 N–H and O–H groups in total. The first-order chi connectivity index (χ1) is 6.08. The molecular weight excluding hydrogens is 160 g/mol. The molecule has 1 nitrogen and oxygen atoms in total. The second kappa shape index (κ2) is 4.28. The standard InChI is InChI=1S/C12H22O/c1-10(2)4-5-11(6-9-13)12(3)7-8-12/h6,10,13H,4-5,7-9H2,1-3H3. The molecule has 0 atom stereocenters. The van der Waals surface area contributed by atoms with Gasteiger partial charge in [0.05, 0.1) is 6.61 Å². The van der Waals surface area contributed by atoms with Gasteiger partial charge < -0.3 is 5.11 Å². The lowest BCUT2D eigenvalue weighted by atomic mass is 9.91. The largest absolute Gasteiger partial charge is 0.392 e. The van der Waals surface area contributed by atoms with E-state index < -0.39 is 0 Å². The first kappa shape index (κ1) is 10.8. The van der Waals surface area contributed by atoms with E-state index in [0.717, 1.165) is 5.92 Å². The van der Waals surface area contributed by atoms with Crippen molar-refractivity contribution in [2.24, 2.45) is 11.3 Å². The second-order valence-electron chi connectivity index (χ2n) is 4.91. The van der Waals surface area contributed by atoms with Gasteiger partial charge in [-0.3, -0.25) is 0 Å².